The monoisotopic (exact) mass is 181 g/mol. The van der Waals surface area contributed by atoms with Crippen molar-refractivity contribution in [2.45, 2.75) is 27.3 Å². The molecule has 13 heavy (non-hydrogen) atoms. The van der Waals surface area contributed by atoms with Crippen molar-refractivity contribution in [3.8, 4) is 0 Å². The van der Waals surface area contributed by atoms with Gasteiger partial charge in [-0.25, -0.2) is 0 Å². The van der Waals surface area contributed by atoms with Gasteiger partial charge in [-0.2, -0.15) is 5.10 Å². The van der Waals surface area contributed by atoms with Crippen molar-refractivity contribution in [2.75, 3.05) is 0 Å². The fourth-order valence-electron chi connectivity index (χ4n) is 1.29. The summed E-state index contributed by atoms with van der Waals surface area (Å²) in [6.45, 7) is 6.03. The molecule has 72 valence electrons. The van der Waals surface area contributed by atoms with E-state index in [1.807, 2.05) is 25.6 Å². The maximum atomic E-state index is 10.7. The number of carbonyl (C=O) groups is 1. The van der Waals surface area contributed by atoms with Gasteiger partial charge in [0.1, 0.15) is 0 Å². The van der Waals surface area contributed by atoms with E-state index in [0.717, 1.165) is 17.0 Å². The summed E-state index contributed by atoms with van der Waals surface area (Å²) in [7, 11) is 1.90. The Morgan fingerprint density at radius 3 is 2.54 bits per heavy atom. The predicted octanol–water partition coefficient (Wildman–Crippen LogP) is 0.673. The molecule has 4 nitrogen and oxygen atoms in total. The van der Waals surface area contributed by atoms with Crippen LogP contribution >= 0.6 is 0 Å². The van der Waals surface area contributed by atoms with Crippen molar-refractivity contribution in [1.82, 2.24) is 15.1 Å². The molecule has 0 aliphatic carbocycles. The Morgan fingerprint density at radius 2 is 2.15 bits per heavy atom. The molecular weight excluding hydrogens is 166 g/mol. The maximum absolute atomic E-state index is 10.7. The van der Waals surface area contributed by atoms with Crippen LogP contribution in [0.5, 0.6) is 0 Å². The minimum atomic E-state index is -0.0114. The molecule has 1 rings (SSSR count). The van der Waals surface area contributed by atoms with Gasteiger partial charge in [0.05, 0.1) is 5.69 Å². The molecule has 0 bridgehead atoms. The van der Waals surface area contributed by atoms with E-state index in [0.29, 0.717) is 6.54 Å². The van der Waals surface area contributed by atoms with Gasteiger partial charge < -0.3 is 5.32 Å². The smallest absolute Gasteiger partial charge is 0.217 e. The van der Waals surface area contributed by atoms with Gasteiger partial charge in [0, 0.05) is 31.8 Å². The number of nitrogens with zero attached hydrogens (tertiary/aromatic N) is 2. The minimum Gasteiger partial charge on any atom is -0.352 e. The van der Waals surface area contributed by atoms with Crippen molar-refractivity contribution in [2.24, 2.45) is 7.05 Å². The molecule has 0 fully saturated rings. The van der Waals surface area contributed by atoms with Gasteiger partial charge in [0.2, 0.25) is 5.91 Å². The molecule has 1 N–H and O–H groups in total. The van der Waals surface area contributed by atoms with Crippen LogP contribution in [-0.4, -0.2) is 15.7 Å². The number of aromatic nitrogens is 2. The molecule has 1 aromatic rings. The highest BCUT2D eigenvalue weighted by molar-refractivity contribution is 5.72. The van der Waals surface area contributed by atoms with Crippen molar-refractivity contribution in [1.29, 1.82) is 0 Å². The molecule has 1 heterocycles. The van der Waals surface area contributed by atoms with Gasteiger partial charge in [-0.1, -0.05) is 0 Å². The van der Waals surface area contributed by atoms with E-state index in [-0.39, 0.29) is 5.91 Å². The third-order valence-electron chi connectivity index (χ3n) is 2.17. The summed E-state index contributed by atoms with van der Waals surface area (Å²) in [4.78, 5) is 10.7. The first-order valence-electron chi connectivity index (χ1n) is 4.26. The SMILES string of the molecule is CC(=O)NCc1c(C)nn(C)c1C. The average Bonchev–Trinajstić information content (AvgIpc) is 2.24. The lowest BCUT2D eigenvalue weighted by Crippen LogP contribution is -2.19. The first kappa shape index (κ1) is 9.77. The Hall–Kier alpha value is -1.32. The number of rotatable bonds is 2. The molecule has 1 amide bonds. The van der Waals surface area contributed by atoms with Gasteiger partial charge in [0.15, 0.2) is 0 Å². The highest BCUT2D eigenvalue weighted by atomic mass is 16.1. The van der Waals surface area contributed by atoms with Gasteiger partial charge in [-0.05, 0) is 13.8 Å². The first-order valence-corrected chi connectivity index (χ1v) is 4.26. The van der Waals surface area contributed by atoms with E-state index in [2.05, 4.69) is 10.4 Å². The number of amides is 1. The van der Waals surface area contributed by atoms with E-state index in [1.54, 1.807) is 0 Å². The van der Waals surface area contributed by atoms with Crippen LogP contribution in [0.3, 0.4) is 0 Å². The number of carbonyl (C=O) groups excluding carboxylic acids is 1. The van der Waals surface area contributed by atoms with Gasteiger partial charge in [-0.15, -0.1) is 0 Å². The van der Waals surface area contributed by atoms with E-state index < -0.39 is 0 Å². The van der Waals surface area contributed by atoms with Crippen LogP contribution in [0.2, 0.25) is 0 Å². The molecule has 0 unspecified atom stereocenters. The average molecular weight is 181 g/mol. The Kier molecular flexibility index (Phi) is 2.70. The first-order chi connectivity index (χ1) is 6.02. The molecule has 0 saturated heterocycles. The lowest BCUT2D eigenvalue weighted by molar-refractivity contribution is -0.119. The lowest BCUT2D eigenvalue weighted by atomic mass is 10.2. The Bertz CT molecular complexity index is 328. The summed E-state index contributed by atoms with van der Waals surface area (Å²) >= 11 is 0. The number of aryl methyl sites for hydroxylation is 2. The molecule has 1 aromatic heterocycles. The second-order valence-corrected chi connectivity index (χ2v) is 3.18. The van der Waals surface area contributed by atoms with E-state index in [4.69, 9.17) is 0 Å². The van der Waals surface area contributed by atoms with Crippen LogP contribution < -0.4 is 5.32 Å². The molecule has 0 aliphatic rings. The van der Waals surface area contributed by atoms with E-state index >= 15 is 0 Å². The fourth-order valence-corrected chi connectivity index (χ4v) is 1.29. The summed E-state index contributed by atoms with van der Waals surface area (Å²) in [5.74, 6) is -0.0114. The predicted molar refractivity (Wildman–Crippen MR) is 50.2 cm³/mol. The maximum Gasteiger partial charge on any atom is 0.217 e. The van der Waals surface area contributed by atoms with Gasteiger partial charge >= 0.3 is 0 Å². The summed E-state index contributed by atoms with van der Waals surface area (Å²) in [5, 5.41) is 7.02. The standard InChI is InChI=1S/C9H15N3O/c1-6-9(5-10-8(3)13)7(2)12(4)11-6/h5H2,1-4H3,(H,10,13). The lowest BCUT2D eigenvalue weighted by Gasteiger charge is -2.02. The highest BCUT2D eigenvalue weighted by Gasteiger charge is 2.08. The molecule has 0 aliphatic heterocycles. The number of hydrogen-bond donors (Lipinski definition) is 1. The largest absolute Gasteiger partial charge is 0.352 e. The summed E-state index contributed by atoms with van der Waals surface area (Å²) in [5.41, 5.74) is 3.19. The Morgan fingerprint density at radius 1 is 1.54 bits per heavy atom. The summed E-state index contributed by atoms with van der Waals surface area (Å²) in [6, 6.07) is 0. The van der Waals surface area contributed by atoms with Crippen molar-refractivity contribution >= 4 is 5.91 Å². The van der Waals surface area contributed by atoms with Crippen molar-refractivity contribution < 1.29 is 4.79 Å². The summed E-state index contributed by atoms with van der Waals surface area (Å²) in [6.07, 6.45) is 0. The molecule has 4 heteroatoms. The zero-order valence-corrected chi connectivity index (χ0v) is 8.51. The second-order valence-electron chi connectivity index (χ2n) is 3.18. The Balaban J connectivity index is 2.81. The van der Waals surface area contributed by atoms with E-state index in [9.17, 15) is 4.79 Å². The Labute approximate surface area is 77.9 Å². The highest BCUT2D eigenvalue weighted by Crippen LogP contribution is 2.10. The third kappa shape index (κ3) is 2.08. The van der Waals surface area contributed by atoms with Crippen LogP contribution in [0.4, 0.5) is 0 Å². The fraction of sp³-hybridized carbons (Fsp3) is 0.556. The zero-order valence-electron chi connectivity index (χ0n) is 8.51. The van der Waals surface area contributed by atoms with Crippen LogP contribution in [0.1, 0.15) is 23.9 Å². The molecule has 0 aromatic carbocycles. The van der Waals surface area contributed by atoms with Crippen LogP contribution in [0, 0.1) is 13.8 Å². The summed E-state index contributed by atoms with van der Waals surface area (Å²) < 4.78 is 1.83. The minimum absolute atomic E-state index is 0.0114. The molecule has 0 spiro atoms. The molecule has 0 radical (unpaired) electrons. The van der Waals surface area contributed by atoms with Gasteiger partial charge in [0.25, 0.3) is 0 Å². The molecule has 0 saturated carbocycles. The van der Waals surface area contributed by atoms with E-state index in [1.165, 1.54) is 6.92 Å². The zero-order chi connectivity index (χ0) is 10.0. The second kappa shape index (κ2) is 3.60. The number of hydrogen-bond acceptors (Lipinski definition) is 2. The molecular formula is C9H15N3O. The van der Waals surface area contributed by atoms with Gasteiger partial charge in [-0.3, -0.25) is 9.48 Å². The number of nitrogens with one attached hydrogen (secondary N) is 1. The van der Waals surface area contributed by atoms with Crippen molar-refractivity contribution in [3.05, 3.63) is 17.0 Å². The van der Waals surface area contributed by atoms with Crippen LogP contribution in [0.15, 0.2) is 0 Å². The quantitative estimate of drug-likeness (QED) is 0.729. The van der Waals surface area contributed by atoms with Crippen LogP contribution in [-0.2, 0) is 18.4 Å². The normalized spacial score (nSPS) is 10.2. The van der Waals surface area contributed by atoms with Crippen molar-refractivity contribution in [3.63, 3.8) is 0 Å². The molecule has 0 atom stereocenters. The van der Waals surface area contributed by atoms with Crippen LogP contribution in [0.25, 0.3) is 0 Å². The third-order valence-corrected chi connectivity index (χ3v) is 2.17. The topological polar surface area (TPSA) is 46.9 Å².